The molecular formula is C19H26N2O4. The number of hydrogen-bond acceptors (Lipinski definition) is 6. The first-order valence-electron chi connectivity index (χ1n) is 8.86. The molecular weight excluding hydrogens is 320 g/mol. The van der Waals surface area contributed by atoms with Crippen LogP contribution in [0.2, 0.25) is 0 Å². The van der Waals surface area contributed by atoms with Crippen LogP contribution in [0.1, 0.15) is 37.3 Å². The van der Waals surface area contributed by atoms with E-state index in [1.807, 2.05) is 44.2 Å². The summed E-state index contributed by atoms with van der Waals surface area (Å²) in [6.45, 7) is 6.28. The summed E-state index contributed by atoms with van der Waals surface area (Å²) in [4.78, 5) is 2.24. The van der Waals surface area contributed by atoms with Gasteiger partial charge in [0.15, 0.2) is 5.76 Å². The predicted octanol–water partition coefficient (Wildman–Crippen LogP) is 2.96. The molecule has 3 rings (SSSR count). The topological polar surface area (TPSA) is 68.0 Å². The van der Waals surface area contributed by atoms with Crippen LogP contribution in [0.5, 0.6) is 11.5 Å². The molecule has 1 fully saturated rings. The number of aliphatic hydroxyl groups excluding tert-OH is 1. The van der Waals surface area contributed by atoms with Gasteiger partial charge < -0.3 is 19.1 Å². The maximum absolute atomic E-state index is 10.3. The smallest absolute Gasteiger partial charge is 0.154 e. The molecule has 0 bridgehead atoms. The second-order valence-electron chi connectivity index (χ2n) is 6.39. The maximum atomic E-state index is 10.3. The summed E-state index contributed by atoms with van der Waals surface area (Å²) >= 11 is 0. The molecule has 6 heteroatoms. The summed E-state index contributed by atoms with van der Waals surface area (Å²) in [6, 6.07) is 9.62. The SMILES string of the molecule is CCOc1ccc(OC[C@@H](O)CN2CCC[C@@H]2c2cc(C)no2)cc1. The van der Waals surface area contributed by atoms with Crippen LogP contribution in [0.4, 0.5) is 0 Å². The molecule has 2 atom stereocenters. The van der Waals surface area contributed by atoms with Crippen LogP contribution in [-0.2, 0) is 0 Å². The van der Waals surface area contributed by atoms with Gasteiger partial charge in [0.1, 0.15) is 24.2 Å². The fourth-order valence-corrected chi connectivity index (χ4v) is 3.22. The molecule has 0 saturated carbocycles. The van der Waals surface area contributed by atoms with Crippen LogP contribution in [0.15, 0.2) is 34.9 Å². The zero-order chi connectivity index (χ0) is 17.6. The average molecular weight is 346 g/mol. The van der Waals surface area contributed by atoms with Crippen molar-refractivity contribution in [2.45, 2.75) is 38.8 Å². The number of likely N-dealkylation sites (tertiary alicyclic amines) is 1. The Morgan fingerprint density at radius 3 is 2.64 bits per heavy atom. The molecule has 0 spiro atoms. The van der Waals surface area contributed by atoms with Crippen LogP contribution in [0.25, 0.3) is 0 Å². The first-order valence-corrected chi connectivity index (χ1v) is 8.86. The Labute approximate surface area is 148 Å². The zero-order valence-corrected chi connectivity index (χ0v) is 14.9. The van der Waals surface area contributed by atoms with Gasteiger partial charge in [-0.15, -0.1) is 0 Å². The molecule has 1 aliphatic rings. The molecule has 1 aliphatic heterocycles. The second kappa shape index (κ2) is 8.36. The number of aromatic nitrogens is 1. The van der Waals surface area contributed by atoms with Crippen LogP contribution in [-0.4, -0.2) is 47.6 Å². The summed E-state index contributed by atoms with van der Waals surface area (Å²) < 4.78 is 16.5. The Bertz CT molecular complexity index is 656. The fourth-order valence-electron chi connectivity index (χ4n) is 3.22. The first-order chi connectivity index (χ1) is 12.2. The van der Waals surface area contributed by atoms with Crippen molar-refractivity contribution >= 4 is 0 Å². The van der Waals surface area contributed by atoms with Crippen LogP contribution >= 0.6 is 0 Å². The minimum atomic E-state index is -0.559. The summed E-state index contributed by atoms with van der Waals surface area (Å²) in [5.74, 6) is 2.43. The van der Waals surface area contributed by atoms with Crippen molar-refractivity contribution in [2.75, 3.05) is 26.3 Å². The Morgan fingerprint density at radius 2 is 2.00 bits per heavy atom. The van der Waals surface area contributed by atoms with Crippen molar-refractivity contribution in [1.29, 1.82) is 0 Å². The van der Waals surface area contributed by atoms with Gasteiger partial charge in [0.25, 0.3) is 0 Å². The zero-order valence-electron chi connectivity index (χ0n) is 14.9. The van der Waals surface area contributed by atoms with Gasteiger partial charge >= 0.3 is 0 Å². The molecule has 0 aliphatic carbocycles. The van der Waals surface area contributed by atoms with Crippen molar-refractivity contribution < 1.29 is 19.1 Å². The molecule has 2 heterocycles. The monoisotopic (exact) mass is 346 g/mol. The number of aliphatic hydroxyl groups is 1. The van der Waals surface area contributed by atoms with Crippen molar-refractivity contribution in [1.82, 2.24) is 10.1 Å². The van der Waals surface area contributed by atoms with E-state index in [1.165, 1.54) is 0 Å². The van der Waals surface area contributed by atoms with E-state index in [1.54, 1.807) is 0 Å². The van der Waals surface area contributed by atoms with Gasteiger partial charge in [-0.1, -0.05) is 5.16 Å². The van der Waals surface area contributed by atoms with E-state index >= 15 is 0 Å². The summed E-state index contributed by atoms with van der Waals surface area (Å²) in [5, 5.41) is 14.3. The number of ether oxygens (including phenoxy) is 2. The molecule has 1 saturated heterocycles. The number of hydrogen-bond donors (Lipinski definition) is 1. The molecule has 1 N–H and O–H groups in total. The molecule has 0 radical (unpaired) electrons. The molecule has 6 nitrogen and oxygen atoms in total. The minimum absolute atomic E-state index is 0.196. The highest BCUT2D eigenvalue weighted by atomic mass is 16.5. The van der Waals surface area contributed by atoms with E-state index in [2.05, 4.69) is 10.1 Å². The highest BCUT2D eigenvalue weighted by Gasteiger charge is 2.30. The van der Waals surface area contributed by atoms with E-state index in [0.717, 1.165) is 42.3 Å². The highest BCUT2D eigenvalue weighted by Crippen LogP contribution is 2.32. The Balaban J connectivity index is 1.49. The van der Waals surface area contributed by atoms with Gasteiger partial charge in [-0.25, -0.2) is 0 Å². The molecule has 0 amide bonds. The number of rotatable bonds is 8. The second-order valence-corrected chi connectivity index (χ2v) is 6.39. The minimum Gasteiger partial charge on any atom is -0.494 e. The standard InChI is InChI=1S/C19H26N2O4/c1-3-23-16-6-8-17(9-7-16)24-13-15(22)12-21-10-4-5-18(21)19-11-14(2)20-25-19/h6-9,11,15,18,22H,3-5,10,12-13H2,1-2H3/t15-,18+/m0/s1. The van der Waals surface area contributed by atoms with Gasteiger partial charge in [-0.2, -0.15) is 0 Å². The first kappa shape index (κ1) is 17.8. The lowest BCUT2D eigenvalue weighted by atomic mass is 10.1. The summed E-state index contributed by atoms with van der Waals surface area (Å²) in [6.07, 6.45) is 1.56. The lowest BCUT2D eigenvalue weighted by Crippen LogP contribution is -2.35. The van der Waals surface area contributed by atoms with Gasteiger partial charge in [0.2, 0.25) is 0 Å². The maximum Gasteiger partial charge on any atom is 0.154 e. The van der Waals surface area contributed by atoms with Crippen LogP contribution < -0.4 is 9.47 Å². The summed E-state index contributed by atoms with van der Waals surface area (Å²) in [7, 11) is 0. The number of β-amino-alcohol motifs (C(OH)–C–C–N with tert-alkyl or cyclic N) is 1. The van der Waals surface area contributed by atoms with Crippen molar-refractivity contribution in [3.8, 4) is 11.5 Å². The number of nitrogens with zero attached hydrogens (tertiary/aromatic N) is 2. The van der Waals surface area contributed by atoms with E-state index in [9.17, 15) is 5.11 Å². The molecule has 0 unspecified atom stereocenters. The van der Waals surface area contributed by atoms with E-state index in [-0.39, 0.29) is 12.6 Å². The third-order valence-electron chi connectivity index (χ3n) is 4.36. The lowest BCUT2D eigenvalue weighted by Gasteiger charge is -2.25. The van der Waals surface area contributed by atoms with Gasteiger partial charge in [-0.05, 0) is 57.5 Å². The van der Waals surface area contributed by atoms with Crippen molar-refractivity contribution in [2.24, 2.45) is 0 Å². The highest BCUT2D eigenvalue weighted by molar-refractivity contribution is 5.31. The van der Waals surface area contributed by atoms with Crippen molar-refractivity contribution in [3.63, 3.8) is 0 Å². The van der Waals surface area contributed by atoms with E-state index in [4.69, 9.17) is 14.0 Å². The third kappa shape index (κ3) is 4.74. The van der Waals surface area contributed by atoms with E-state index in [0.29, 0.717) is 13.2 Å². The van der Waals surface area contributed by atoms with Crippen LogP contribution in [0, 0.1) is 6.92 Å². The fraction of sp³-hybridized carbons (Fsp3) is 0.526. The lowest BCUT2D eigenvalue weighted by molar-refractivity contribution is 0.0597. The Morgan fingerprint density at radius 1 is 1.28 bits per heavy atom. The number of benzene rings is 1. The number of aryl methyl sites for hydroxylation is 1. The Kier molecular flexibility index (Phi) is 5.94. The molecule has 1 aromatic heterocycles. The van der Waals surface area contributed by atoms with Gasteiger partial charge in [-0.3, -0.25) is 4.90 Å². The van der Waals surface area contributed by atoms with Crippen molar-refractivity contribution in [3.05, 3.63) is 41.8 Å². The molecule has 1 aromatic carbocycles. The largest absolute Gasteiger partial charge is 0.494 e. The predicted molar refractivity (Wildman–Crippen MR) is 93.9 cm³/mol. The molecule has 136 valence electrons. The summed E-state index contributed by atoms with van der Waals surface area (Å²) in [5.41, 5.74) is 0.890. The van der Waals surface area contributed by atoms with Gasteiger partial charge in [0, 0.05) is 12.6 Å². The molecule has 25 heavy (non-hydrogen) atoms. The Hall–Kier alpha value is -2.05. The average Bonchev–Trinajstić information content (AvgIpc) is 3.23. The third-order valence-corrected chi connectivity index (χ3v) is 4.36. The van der Waals surface area contributed by atoms with E-state index < -0.39 is 6.10 Å². The normalized spacial score (nSPS) is 19.1. The van der Waals surface area contributed by atoms with Crippen LogP contribution in [0.3, 0.4) is 0 Å². The molecule has 2 aromatic rings. The van der Waals surface area contributed by atoms with Gasteiger partial charge in [0.05, 0.1) is 18.3 Å². The quantitative estimate of drug-likeness (QED) is 0.793.